The van der Waals surface area contributed by atoms with Crippen LogP contribution in [0.1, 0.15) is 12.8 Å². The minimum Gasteiger partial charge on any atom is -0.481 e. The molecule has 0 saturated carbocycles. The summed E-state index contributed by atoms with van der Waals surface area (Å²) in [6.45, 7) is 0. The van der Waals surface area contributed by atoms with Crippen LogP contribution in [0, 0.1) is 11.8 Å². The fourth-order valence-electron chi connectivity index (χ4n) is 4.08. The number of carbonyl (C=O) groups is 3. The average molecular weight is 487 g/mol. The number of hydrogen-bond acceptors (Lipinski definition) is 4. The van der Waals surface area contributed by atoms with Crippen molar-refractivity contribution < 1.29 is 19.5 Å². The van der Waals surface area contributed by atoms with E-state index in [-0.39, 0.29) is 17.6 Å². The van der Waals surface area contributed by atoms with Crippen molar-refractivity contribution in [3.63, 3.8) is 0 Å². The number of allylic oxidation sites excluding steroid dienone is 2. The molecular weight excluding hydrogens is 460 g/mol. The third kappa shape index (κ3) is 6.19. The highest BCUT2D eigenvalue weighted by Crippen LogP contribution is 2.30. The van der Waals surface area contributed by atoms with Gasteiger partial charge < -0.3 is 10.4 Å². The van der Waals surface area contributed by atoms with Crippen molar-refractivity contribution in [2.24, 2.45) is 11.8 Å². The second-order valence-corrected chi connectivity index (χ2v) is 9.25. The van der Waals surface area contributed by atoms with Gasteiger partial charge >= 0.3 is 5.97 Å². The number of carbonyl (C=O) groups excluding carboxylic acids is 2. The maximum atomic E-state index is 13.3. The molecule has 0 heterocycles. The van der Waals surface area contributed by atoms with Crippen LogP contribution in [-0.4, -0.2) is 28.6 Å². The van der Waals surface area contributed by atoms with Gasteiger partial charge in [-0.3, -0.25) is 19.3 Å². The normalized spacial score (nSPS) is 16.9. The van der Waals surface area contributed by atoms with E-state index >= 15 is 0 Å². The predicted molar refractivity (Wildman–Crippen MR) is 139 cm³/mol. The molecule has 1 aliphatic rings. The van der Waals surface area contributed by atoms with Gasteiger partial charge in [0, 0.05) is 22.0 Å². The zero-order chi connectivity index (χ0) is 24.6. The number of aliphatic carboxylic acids is 1. The lowest BCUT2D eigenvalue weighted by Crippen LogP contribution is -2.34. The van der Waals surface area contributed by atoms with Gasteiger partial charge in [-0.1, -0.05) is 54.6 Å². The topological polar surface area (TPSA) is 86.7 Å². The lowest BCUT2D eigenvalue weighted by atomic mass is 9.82. The minimum absolute atomic E-state index is 0.0693. The highest BCUT2D eigenvalue weighted by molar-refractivity contribution is 8.00. The summed E-state index contributed by atoms with van der Waals surface area (Å²) in [5.74, 6) is -2.47. The Bertz CT molecular complexity index is 1170. The average Bonchev–Trinajstić information content (AvgIpc) is 2.89. The molecule has 35 heavy (non-hydrogen) atoms. The van der Waals surface area contributed by atoms with Crippen molar-refractivity contribution in [1.82, 2.24) is 0 Å². The van der Waals surface area contributed by atoms with Gasteiger partial charge in [0.05, 0.1) is 17.6 Å². The largest absolute Gasteiger partial charge is 0.481 e. The van der Waals surface area contributed by atoms with E-state index in [4.69, 9.17) is 0 Å². The molecule has 0 aromatic heterocycles. The predicted octanol–water partition coefficient (Wildman–Crippen LogP) is 5.75. The first kappa shape index (κ1) is 24.3. The number of anilines is 3. The van der Waals surface area contributed by atoms with Crippen LogP contribution in [0.3, 0.4) is 0 Å². The lowest BCUT2D eigenvalue weighted by molar-refractivity contribution is -0.146. The summed E-state index contributed by atoms with van der Waals surface area (Å²) in [6.07, 6.45) is 4.42. The Morgan fingerprint density at radius 3 is 2.03 bits per heavy atom. The Kier molecular flexibility index (Phi) is 8.00. The molecule has 2 amide bonds. The van der Waals surface area contributed by atoms with E-state index in [1.807, 2.05) is 84.9 Å². The van der Waals surface area contributed by atoms with E-state index in [1.165, 1.54) is 11.8 Å². The highest BCUT2D eigenvalue weighted by Gasteiger charge is 2.34. The Morgan fingerprint density at radius 1 is 0.829 bits per heavy atom. The van der Waals surface area contributed by atoms with Crippen molar-refractivity contribution in [2.45, 2.75) is 17.7 Å². The second-order valence-electron chi connectivity index (χ2n) is 8.20. The number of carboxylic acid groups (broad SMARTS) is 1. The van der Waals surface area contributed by atoms with Gasteiger partial charge in [0.1, 0.15) is 0 Å². The number of para-hydroxylation sites is 2. The van der Waals surface area contributed by atoms with Gasteiger partial charge in [-0.25, -0.2) is 0 Å². The fraction of sp³-hybridized carbons (Fsp3) is 0.179. The molecule has 2 unspecified atom stereocenters. The molecule has 3 aromatic rings. The molecular formula is C28H26N2O4S. The van der Waals surface area contributed by atoms with Crippen LogP contribution in [0.25, 0.3) is 0 Å². The van der Waals surface area contributed by atoms with Gasteiger partial charge in [-0.15, -0.1) is 11.8 Å². The first-order chi connectivity index (χ1) is 17.0. The second kappa shape index (κ2) is 11.5. The Balaban J connectivity index is 1.43. The van der Waals surface area contributed by atoms with Crippen LogP contribution < -0.4 is 10.2 Å². The number of nitrogens with zero attached hydrogens (tertiary/aromatic N) is 1. The lowest BCUT2D eigenvalue weighted by Gasteiger charge is -2.24. The summed E-state index contributed by atoms with van der Waals surface area (Å²) in [7, 11) is 0. The van der Waals surface area contributed by atoms with Crippen LogP contribution >= 0.6 is 11.8 Å². The van der Waals surface area contributed by atoms with Crippen LogP contribution in [0.2, 0.25) is 0 Å². The first-order valence-electron chi connectivity index (χ1n) is 11.4. The van der Waals surface area contributed by atoms with Gasteiger partial charge in [0.15, 0.2) is 0 Å². The number of benzene rings is 3. The molecule has 0 spiro atoms. The molecule has 0 saturated heterocycles. The Labute approximate surface area is 208 Å². The zero-order valence-corrected chi connectivity index (χ0v) is 19.9. The molecule has 3 aromatic carbocycles. The molecule has 0 bridgehead atoms. The van der Waals surface area contributed by atoms with E-state index < -0.39 is 17.8 Å². The van der Waals surface area contributed by atoms with E-state index in [0.29, 0.717) is 18.5 Å². The molecule has 7 heteroatoms. The maximum absolute atomic E-state index is 13.3. The molecule has 0 radical (unpaired) electrons. The van der Waals surface area contributed by atoms with Crippen molar-refractivity contribution in [2.75, 3.05) is 16.0 Å². The zero-order valence-electron chi connectivity index (χ0n) is 19.0. The van der Waals surface area contributed by atoms with Crippen molar-refractivity contribution in [3.05, 3.63) is 97.1 Å². The van der Waals surface area contributed by atoms with E-state index in [0.717, 1.165) is 16.3 Å². The van der Waals surface area contributed by atoms with Crippen LogP contribution in [0.4, 0.5) is 17.1 Å². The molecule has 178 valence electrons. The number of thioether (sulfide) groups is 1. The smallest absolute Gasteiger partial charge is 0.307 e. The quantitative estimate of drug-likeness (QED) is 0.313. The molecule has 6 nitrogen and oxygen atoms in total. The fourth-order valence-corrected chi connectivity index (χ4v) is 4.88. The van der Waals surface area contributed by atoms with E-state index in [1.54, 1.807) is 17.0 Å². The van der Waals surface area contributed by atoms with Crippen LogP contribution in [-0.2, 0) is 14.4 Å². The van der Waals surface area contributed by atoms with Crippen LogP contribution in [0.15, 0.2) is 102 Å². The molecule has 1 aliphatic carbocycles. The van der Waals surface area contributed by atoms with Crippen molar-refractivity contribution in [3.8, 4) is 0 Å². The van der Waals surface area contributed by atoms with Crippen molar-refractivity contribution >= 4 is 46.6 Å². The molecule has 0 aliphatic heterocycles. The molecule has 2 N–H and O–H groups in total. The van der Waals surface area contributed by atoms with Gasteiger partial charge in [0.25, 0.3) is 0 Å². The number of rotatable bonds is 8. The van der Waals surface area contributed by atoms with Gasteiger partial charge in [-0.2, -0.15) is 0 Å². The summed E-state index contributed by atoms with van der Waals surface area (Å²) in [4.78, 5) is 40.1. The maximum Gasteiger partial charge on any atom is 0.307 e. The molecule has 0 fully saturated rings. The number of hydrogen-bond donors (Lipinski definition) is 2. The summed E-state index contributed by atoms with van der Waals surface area (Å²) in [5.41, 5.74) is 2.16. The highest BCUT2D eigenvalue weighted by atomic mass is 32.2. The number of carboxylic acids is 1. The molecule has 2 atom stereocenters. The summed E-state index contributed by atoms with van der Waals surface area (Å²) < 4.78 is 0. The van der Waals surface area contributed by atoms with Gasteiger partial charge in [0.2, 0.25) is 11.8 Å². The minimum atomic E-state index is -0.960. The molecule has 4 rings (SSSR count). The SMILES string of the molecule is O=C(O)C1CC=CCC1C(=O)Nc1cccc(SCC(=O)N(c2ccccc2)c2ccccc2)c1. The third-order valence-electron chi connectivity index (χ3n) is 5.83. The monoisotopic (exact) mass is 486 g/mol. The third-order valence-corrected chi connectivity index (χ3v) is 6.81. The van der Waals surface area contributed by atoms with E-state index in [9.17, 15) is 19.5 Å². The first-order valence-corrected chi connectivity index (χ1v) is 12.4. The van der Waals surface area contributed by atoms with Gasteiger partial charge in [-0.05, 0) is 55.3 Å². The standard InChI is InChI=1S/C28H26N2O4S/c31-26(30(21-11-3-1-4-12-21)22-13-5-2-6-14-22)19-35-23-15-9-10-20(18-23)29-27(32)24-16-7-8-17-25(24)28(33)34/h1-15,18,24-25H,16-17,19H2,(H,29,32)(H,33,34). The van der Waals surface area contributed by atoms with E-state index in [2.05, 4.69) is 5.32 Å². The summed E-state index contributed by atoms with van der Waals surface area (Å²) in [6, 6.07) is 26.3. The number of nitrogens with one attached hydrogen (secondary N) is 1. The van der Waals surface area contributed by atoms with Crippen LogP contribution in [0.5, 0.6) is 0 Å². The Morgan fingerprint density at radius 2 is 1.43 bits per heavy atom. The summed E-state index contributed by atoms with van der Waals surface area (Å²) in [5, 5.41) is 12.3. The summed E-state index contributed by atoms with van der Waals surface area (Å²) >= 11 is 1.38. The van der Waals surface area contributed by atoms with Crippen molar-refractivity contribution in [1.29, 1.82) is 0 Å². The number of amides is 2. The Hall–Kier alpha value is -3.84.